The molecule has 1 aromatic heterocycles. The number of aromatic nitrogens is 2. The molecule has 1 saturated carbocycles. The number of ether oxygens (including phenoxy) is 2. The van der Waals surface area contributed by atoms with Gasteiger partial charge in [-0.05, 0) is 50.9 Å². The van der Waals surface area contributed by atoms with Crippen LogP contribution in [0.4, 0.5) is 15.9 Å². The van der Waals surface area contributed by atoms with E-state index in [1.165, 1.54) is 18.5 Å². The maximum atomic E-state index is 13.5. The zero-order valence-corrected chi connectivity index (χ0v) is 20.6. The second-order valence-corrected chi connectivity index (χ2v) is 9.82. The van der Waals surface area contributed by atoms with Crippen LogP contribution < -0.4 is 20.5 Å². The van der Waals surface area contributed by atoms with Crippen LogP contribution in [0, 0.1) is 5.82 Å². The fourth-order valence-electron chi connectivity index (χ4n) is 5.03. The number of hydrogen-bond acceptors (Lipinski definition) is 8. The van der Waals surface area contributed by atoms with E-state index in [0.717, 1.165) is 31.4 Å². The summed E-state index contributed by atoms with van der Waals surface area (Å²) in [4.78, 5) is 13.3. The Balaban J connectivity index is 1.32. The summed E-state index contributed by atoms with van der Waals surface area (Å²) in [6, 6.07) is 7.99. The normalized spacial score (nSPS) is 23.7. The highest BCUT2D eigenvalue weighted by molar-refractivity contribution is 6.31. The predicted molar refractivity (Wildman–Crippen MR) is 135 cm³/mol. The van der Waals surface area contributed by atoms with Crippen molar-refractivity contribution in [2.24, 2.45) is 5.73 Å². The Hall–Kier alpha value is -2.98. The van der Waals surface area contributed by atoms with Gasteiger partial charge in [0.05, 0.1) is 35.0 Å². The quantitative estimate of drug-likeness (QED) is 0.454. The molecule has 184 valence electrons. The van der Waals surface area contributed by atoms with Gasteiger partial charge in [-0.3, -0.25) is 4.90 Å². The number of anilines is 2. The van der Waals surface area contributed by atoms with Gasteiger partial charge in [-0.2, -0.15) is 0 Å². The number of fused-ring (bicyclic) bond motifs is 2. The molecule has 1 aliphatic carbocycles. The van der Waals surface area contributed by atoms with E-state index < -0.39 is 5.82 Å². The number of methoxy groups -OCH3 is 1. The molecule has 0 spiro atoms. The molecule has 1 aliphatic heterocycles. The molecule has 8 nitrogen and oxygen atoms in total. The Kier molecular flexibility index (Phi) is 6.04. The number of hydrogen-bond donors (Lipinski definition) is 2. The van der Waals surface area contributed by atoms with E-state index in [1.807, 2.05) is 12.1 Å². The highest BCUT2D eigenvalue weighted by Crippen LogP contribution is 2.54. The second-order valence-electron chi connectivity index (χ2n) is 9.41. The molecule has 0 bridgehead atoms. The van der Waals surface area contributed by atoms with Gasteiger partial charge in [0.15, 0.2) is 11.5 Å². The standard InChI is InChI=1S/C25H28ClFN6O2/c1-32(2)25-12-24(25,28)13-33(14-25)7-4-8-35-22-10-17-20(11-21(22)34-3)29-15-30-23(17)31-16-5-6-19(27)18(26)9-16/h4-6,8-11,15H,7,12-14,28H2,1-3H3,(H,29,30,31)/b8-4+/t24-,25?/m1/s1. The fourth-order valence-corrected chi connectivity index (χ4v) is 5.21. The molecular formula is C25H28ClFN6O2. The van der Waals surface area contributed by atoms with E-state index in [2.05, 4.69) is 39.2 Å². The molecule has 2 aromatic carbocycles. The monoisotopic (exact) mass is 498 g/mol. The van der Waals surface area contributed by atoms with Crippen molar-refractivity contribution >= 4 is 34.0 Å². The van der Waals surface area contributed by atoms with Gasteiger partial charge in [-0.25, -0.2) is 14.4 Å². The first-order valence-electron chi connectivity index (χ1n) is 11.3. The summed E-state index contributed by atoms with van der Waals surface area (Å²) >= 11 is 5.92. The maximum Gasteiger partial charge on any atom is 0.169 e. The van der Waals surface area contributed by atoms with Gasteiger partial charge < -0.3 is 25.4 Å². The molecule has 2 fully saturated rings. The van der Waals surface area contributed by atoms with Crippen molar-refractivity contribution in [3.05, 3.63) is 59.8 Å². The fraction of sp³-hybridized carbons (Fsp3) is 0.360. The zero-order chi connectivity index (χ0) is 24.8. The molecule has 35 heavy (non-hydrogen) atoms. The Morgan fingerprint density at radius 2 is 2.06 bits per heavy atom. The molecule has 0 amide bonds. The number of benzene rings is 2. The molecule has 1 unspecified atom stereocenters. The number of piperidine rings is 1. The van der Waals surface area contributed by atoms with Crippen molar-refractivity contribution < 1.29 is 13.9 Å². The number of nitrogens with one attached hydrogen (secondary N) is 1. The lowest BCUT2D eigenvalue weighted by Crippen LogP contribution is -2.43. The number of nitrogens with zero attached hydrogens (tertiary/aromatic N) is 4. The van der Waals surface area contributed by atoms with E-state index in [0.29, 0.717) is 28.5 Å². The molecule has 1 saturated heterocycles. The minimum Gasteiger partial charge on any atom is -0.493 e. The third-order valence-electron chi connectivity index (χ3n) is 7.01. The van der Waals surface area contributed by atoms with Crippen LogP contribution in [0.2, 0.25) is 5.02 Å². The minimum atomic E-state index is -0.485. The van der Waals surface area contributed by atoms with Crippen molar-refractivity contribution in [2.75, 3.05) is 46.2 Å². The summed E-state index contributed by atoms with van der Waals surface area (Å²) < 4.78 is 25.0. The number of rotatable bonds is 8. The van der Waals surface area contributed by atoms with Crippen molar-refractivity contribution in [3.63, 3.8) is 0 Å². The first-order chi connectivity index (χ1) is 16.7. The molecule has 3 N–H and O–H groups in total. The second kappa shape index (κ2) is 8.91. The van der Waals surface area contributed by atoms with Gasteiger partial charge >= 0.3 is 0 Å². The average Bonchev–Trinajstić information content (AvgIpc) is 3.31. The van der Waals surface area contributed by atoms with Gasteiger partial charge in [0.25, 0.3) is 0 Å². The predicted octanol–water partition coefficient (Wildman–Crippen LogP) is 3.78. The van der Waals surface area contributed by atoms with Crippen LogP contribution in [-0.2, 0) is 0 Å². The van der Waals surface area contributed by atoms with Gasteiger partial charge in [-0.15, -0.1) is 0 Å². The number of likely N-dealkylation sites (tertiary alicyclic amines) is 1. The van der Waals surface area contributed by atoms with Crippen LogP contribution in [0.3, 0.4) is 0 Å². The molecular weight excluding hydrogens is 471 g/mol. The molecule has 2 aliphatic rings. The summed E-state index contributed by atoms with van der Waals surface area (Å²) in [6.45, 7) is 2.56. The van der Waals surface area contributed by atoms with Crippen molar-refractivity contribution in [1.82, 2.24) is 19.8 Å². The van der Waals surface area contributed by atoms with E-state index in [1.54, 1.807) is 25.5 Å². The van der Waals surface area contributed by atoms with Crippen LogP contribution in [0.5, 0.6) is 11.5 Å². The first-order valence-corrected chi connectivity index (χ1v) is 11.7. The van der Waals surface area contributed by atoms with Gasteiger partial charge in [0, 0.05) is 36.8 Å². The molecule has 0 radical (unpaired) electrons. The van der Waals surface area contributed by atoms with E-state index in [9.17, 15) is 4.39 Å². The van der Waals surface area contributed by atoms with E-state index >= 15 is 0 Å². The van der Waals surface area contributed by atoms with Crippen molar-refractivity contribution in [3.8, 4) is 11.5 Å². The molecule has 10 heteroatoms. The summed E-state index contributed by atoms with van der Waals surface area (Å²) in [5.74, 6) is 1.12. The molecule has 5 rings (SSSR count). The Labute approximate surface area is 208 Å². The van der Waals surface area contributed by atoms with Crippen LogP contribution in [-0.4, -0.2) is 71.7 Å². The number of likely N-dealkylation sites (N-methyl/N-ethyl adjacent to an activating group) is 1. The van der Waals surface area contributed by atoms with Gasteiger partial charge in [0.1, 0.15) is 18.0 Å². The SMILES string of the molecule is COc1cc2ncnc(Nc3ccc(F)c(Cl)c3)c2cc1O/C=C/CN1CC2(N(C)C)C[C@@]2(N)C1. The maximum absolute atomic E-state index is 13.5. The smallest absolute Gasteiger partial charge is 0.169 e. The van der Waals surface area contributed by atoms with E-state index in [-0.39, 0.29) is 16.1 Å². The highest BCUT2D eigenvalue weighted by atomic mass is 35.5. The van der Waals surface area contributed by atoms with Gasteiger partial charge in [0.2, 0.25) is 0 Å². The summed E-state index contributed by atoms with van der Waals surface area (Å²) in [5, 5.41) is 3.91. The van der Waals surface area contributed by atoms with Crippen LogP contribution in [0.1, 0.15) is 6.42 Å². The highest BCUT2D eigenvalue weighted by Gasteiger charge is 2.71. The lowest BCUT2D eigenvalue weighted by Gasteiger charge is -2.24. The average molecular weight is 499 g/mol. The number of nitrogens with two attached hydrogens (primary N) is 1. The third-order valence-corrected chi connectivity index (χ3v) is 7.30. The number of halogens is 2. The Morgan fingerprint density at radius 3 is 2.77 bits per heavy atom. The van der Waals surface area contributed by atoms with Gasteiger partial charge in [-0.1, -0.05) is 11.6 Å². The first kappa shape index (κ1) is 23.7. The summed E-state index contributed by atoms with van der Waals surface area (Å²) in [6.07, 6.45) is 6.12. The Bertz CT molecular complexity index is 1300. The van der Waals surface area contributed by atoms with Crippen molar-refractivity contribution in [1.29, 1.82) is 0 Å². The van der Waals surface area contributed by atoms with Crippen LogP contribution in [0.25, 0.3) is 10.9 Å². The molecule has 2 atom stereocenters. The lowest BCUT2D eigenvalue weighted by molar-refractivity contribution is 0.227. The largest absolute Gasteiger partial charge is 0.493 e. The van der Waals surface area contributed by atoms with Crippen molar-refractivity contribution in [2.45, 2.75) is 17.5 Å². The zero-order valence-electron chi connectivity index (χ0n) is 19.9. The lowest BCUT2D eigenvalue weighted by atomic mass is 10.2. The molecule has 2 heterocycles. The Morgan fingerprint density at radius 1 is 1.23 bits per heavy atom. The van der Waals surface area contributed by atoms with E-state index in [4.69, 9.17) is 26.8 Å². The van der Waals surface area contributed by atoms with Crippen LogP contribution >= 0.6 is 11.6 Å². The summed E-state index contributed by atoms with van der Waals surface area (Å²) in [5.41, 5.74) is 7.79. The third kappa shape index (κ3) is 4.29. The summed E-state index contributed by atoms with van der Waals surface area (Å²) in [7, 11) is 5.78. The minimum absolute atomic E-state index is 0.0246. The topological polar surface area (TPSA) is 88.8 Å². The molecule has 3 aromatic rings. The van der Waals surface area contributed by atoms with Crippen LogP contribution in [0.15, 0.2) is 49.0 Å².